The summed E-state index contributed by atoms with van der Waals surface area (Å²) in [6.07, 6.45) is 0. The zero-order chi connectivity index (χ0) is 21.2. The lowest BCUT2D eigenvalue weighted by atomic mass is 9.83. The first kappa shape index (κ1) is 21.3. The number of carbonyl (C=O) groups is 2. The van der Waals surface area contributed by atoms with Crippen LogP contribution in [-0.4, -0.2) is 44.2 Å². The minimum absolute atomic E-state index is 0.0225. The first-order valence-corrected chi connectivity index (χ1v) is 10.9. The zero-order valence-electron chi connectivity index (χ0n) is 16.1. The SMILES string of the molecule is CC(C)(C(=O)Nc1cccc(S(=O)(=O)N2CCNC(=O)C2)c1)c1ccc(Cl)cc1. The van der Waals surface area contributed by atoms with Gasteiger partial charge in [-0.3, -0.25) is 9.59 Å². The third kappa shape index (κ3) is 4.60. The number of hydrogen-bond acceptors (Lipinski definition) is 4. The smallest absolute Gasteiger partial charge is 0.243 e. The van der Waals surface area contributed by atoms with Crippen LogP contribution in [0.3, 0.4) is 0 Å². The average Bonchev–Trinajstić information content (AvgIpc) is 2.68. The van der Waals surface area contributed by atoms with E-state index in [0.29, 0.717) is 10.7 Å². The Kier molecular flexibility index (Phi) is 5.97. The minimum atomic E-state index is -3.84. The number of hydrogen-bond donors (Lipinski definition) is 2. The summed E-state index contributed by atoms with van der Waals surface area (Å²) in [5, 5.41) is 5.96. The largest absolute Gasteiger partial charge is 0.354 e. The summed E-state index contributed by atoms with van der Waals surface area (Å²) in [5.74, 6) is -0.624. The van der Waals surface area contributed by atoms with Crippen LogP contribution in [0.15, 0.2) is 53.4 Å². The summed E-state index contributed by atoms with van der Waals surface area (Å²) < 4.78 is 26.8. The van der Waals surface area contributed by atoms with Crippen LogP contribution in [0.5, 0.6) is 0 Å². The molecule has 2 N–H and O–H groups in total. The molecule has 0 bridgehead atoms. The maximum absolute atomic E-state index is 12.9. The van der Waals surface area contributed by atoms with Gasteiger partial charge in [-0.2, -0.15) is 4.31 Å². The minimum Gasteiger partial charge on any atom is -0.354 e. The van der Waals surface area contributed by atoms with Gasteiger partial charge in [-0.05, 0) is 49.7 Å². The van der Waals surface area contributed by atoms with E-state index in [1.807, 2.05) is 0 Å². The Labute approximate surface area is 175 Å². The lowest BCUT2D eigenvalue weighted by molar-refractivity contribution is -0.122. The number of carbonyl (C=O) groups excluding carboxylic acids is 2. The summed E-state index contributed by atoms with van der Waals surface area (Å²) in [5.41, 5.74) is 0.284. The molecule has 7 nitrogen and oxygen atoms in total. The second-order valence-electron chi connectivity index (χ2n) is 7.30. The summed E-state index contributed by atoms with van der Waals surface area (Å²) in [6.45, 7) is 3.80. The van der Waals surface area contributed by atoms with Gasteiger partial charge in [0.15, 0.2) is 0 Å². The van der Waals surface area contributed by atoms with Crippen LogP contribution in [-0.2, 0) is 25.0 Å². The van der Waals surface area contributed by atoms with Crippen LogP contribution in [0.2, 0.25) is 5.02 Å². The van der Waals surface area contributed by atoms with Crippen molar-refractivity contribution >= 4 is 39.1 Å². The van der Waals surface area contributed by atoms with Gasteiger partial charge in [0, 0.05) is 23.8 Å². The van der Waals surface area contributed by atoms with Gasteiger partial charge in [-0.25, -0.2) is 8.42 Å². The number of nitrogens with one attached hydrogen (secondary N) is 2. The molecule has 2 amide bonds. The normalized spacial score (nSPS) is 15.6. The van der Waals surface area contributed by atoms with E-state index in [-0.39, 0.29) is 36.3 Å². The van der Waals surface area contributed by atoms with Crippen molar-refractivity contribution in [1.29, 1.82) is 0 Å². The van der Waals surface area contributed by atoms with Crippen molar-refractivity contribution < 1.29 is 18.0 Å². The molecule has 9 heteroatoms. The highest BCUT2D eigenvalue weighted by molar-refractivity contribution is 7.89. The summed E-state index contributed by atoms with van der Waals surface area (Å²) in [6, 6.07) is 13.0. The molecular formula is C20H22ClN3O4S. The van der Waals surface area contributed by atoms with Gasteiger partial charge in [0.25, 0.3) is 0 Å². The van der Waals surface area contributed by atoms with Crippen molar-refractivity contribution in [3.63, 3.8) is 0 Å². The molecule has 3 rings (SSSR count). The molecule has 0 aromatic heterocycles. The van der Waals surface area contributed by atoms with E-state index in [1.54, 1.807) is 50.2 Å². The standard InChI is InChI=1S/C20H22ClN3O4S/c1-20(2,14-6-8-15(21)9-7-14)19(26)23-16-4-3-5-17(12-16)29(27,28)24-11-10-22-18(25)13-24/h3-9,12H,10-11,13H2,1-2H3,(H,22,25)(H,23,26). The van der Waals surface area contributed by atoms with Gasteiger partial charge in [-0.1, -0.05) is 29.8 Å². The number of nitrogens with zero attached hydrogens (tertiary/aromatic N) is 1. The molecule has 2 aromatic rings. The van der Waals surface area contributed by atoms with Crippen molar-refractivity contribution in [2.45, 2.75) is 24.2 Å². The molecule has 0 unspecified atom stereocenters. The molecular weight excluding hydrogens is 414 g/mol. The van der Waals surface area contributed by atoms with Gasteiger partial charge in [0.05, 0.1) is 16.9 Å². The van der Waals surface area contributed by atoms with E-state index >= 15 is 0 Å². The van der Waals surface area contributed by atoms with Crippen molar-refractivity contribution in [3.8, 4) is 0 Å². The number of rotatable bonds is 5. The van der Waals surface area contributed by atoms with Crippen LogP contribution in [0.1, 0.15) is 19.4 Å². The topological polar surface area (TPSA) is 95.6 Å². The van der Waals surface area contributed by atoms with E-state index in [9.17, 15) is 18.0 Å². The Morgan fingerprint density at radius 2 is 1.86 bits per heavy atom. The highest BCUT2D eigenvalue weighted by atomic mass is 35.5. The number of anilines is 1. The second-order valence-corrected chi connectivity index (χ2v) is 9.68. The zero-order valence-corrected chi connectivity index (χ0v) is 17.7. The first-order chi connectivity index (χ1) is 13.6. The number of halogens is 1. The number of sulfonamides is 1. The fourth-order valence-electron chi connectivity index (χ4n) is 2.99. The fraction of sp³-hybridized carbons (Fsp3) is 0.300. The van der Waals surface area contributed by atoms with E-state index in [1.165, 1.54) is 12.1 Å². The van der Waals surface area contributed by atoms with Crippen LogP contribution in [0.25, 0.3) is 0 Å². The van der Waals surface area contributed by atoms with Crippen LogP contribution >= 0.6 is 11.6 Å². The number of amides is 2. The predicted octanol–water partition coefficient (Wildman–Crippen LogP) is 2.38. The highest BCUT2D eigenvalue weighted by Gasteiger charge is 2.31. The molecule has 0 saturated carbocycles. The molecule has 154 valence electrons. The molecule has 1 aliphatic rings. The molecule has 2 aromatic carbocycles. The van der Waals surface area contributed by atoms with Crippen LogP contribution in [0, 0.1) is 0 Å². The molecule has 0 spiro atoms. The maximum Gasteiger partial charge on any atom is 0.243 e. The predicted molar refractivity (Wildman–Crippen MR) is 111 cm³/mol. The van der Waals surface area contributed by atoms with E-state index < -0.39 is 15.4 Å². The van der Waals surface area contributed by atoms with Crippen molar-refractivity contribution in [2.75, 3.05) is 25.0 Å². The van der Waals surface area contributed by atoms with Gasteiger partial charge >= 0.3 is 0 Å². The molecule has 0 atom stereocenters. The average molecular weight is 436 g/mol. The molecule has 0 aliphatic carbocycles. The van der Waals surface area contributed by atoms with Crippen molar-refractivity contribution in [1.82, 2.24) is 9.62 Å². The van der Waals surface area contributed by atoms with Gasteiger partial charge in [-0.15, -0.1) is 0 Å². The van der Waals surface area contributed by atoms with Crippen LogP contribution in [0.4, 0.5) is 5.69 Å². The summed E-state index contributed by atoms with van der Waals surface area (Å²) in [4.78, 5) is 24.4. The van der Waals surface area contributed by atoms with Crippen molar-refractivity contribution in [3.05, 3.63) is 59.1 Å². The number of piperazine rings is 1. The lowest BCUT2D eigenvalue weighted by Crippen LogP contribution is -2.49. The molecule has 0 radical (unpaired) electrons. The third-order valence-corrected chi connectivity index (χ3v) is 6.96. The van der Waals surface area contributed by atoms with E-state index in [4.69, 9.17) is 11.6 Å². The summed E-state index contributed by atoms with van der Waals surface area (Å²) in [7, 11) is -3.84. The second kappa shape index (κ2) is 8.14. The Balaban J connectivity index is 1.81. The Hall–Kier alpha value is -2.42. The monoisotopic (exact) mass is 435 g/mol. The van der Waals surface area contributed by atoms with Gasteiger partial charge in [0.2, 0.25) is 21.8 Å². The highest BCUT2D eigenvalue weighted by Crippen LogP contribution is 2.27. The first-order valence-electron chi connectivity index (χ1n) is 9.05. The van der Waals surface area contributed by atoms with Gasteiger partial charge < -0.3 is 10.6 Å². The molecule has 1 saturated heterocycles. The van der Waals surface area contributed by atoms with Crippen molar-refractivity contribution in [2.24, 2.45) is 0 Å². The Bertz CT molecular complexity index is 1040. The molecule has 1 heterocycles. The Morgan fingerprint density at radius 1 is 1.17 bits per heavy atom. The quantitative estimate of drug-likeness (QED) is 0.753. The fourth-order valence-corrected chi connectivity index (χ4v) is 4.56. The van der Waals surface area contributed by atoms with Gasteiger partial charge in [0.1, 0.15) is 0 Å². The molecule has 1 aliphatic heterocycles. The van der Waals surface area contributed by atoms with Crippen LogP contribution < -0.4 is 10.6 Å². The number of benzene rings is 2. The van der Waals surface area contributed by atoms with E-state index in [0.717, 1.165) is 9.87 Å². The molecule has 1 fully saturated rings. The molecule has 29 heavy (non-hydrogen) atoms. The maximum atomic E-state index is 12.9. The summed E-state index contributed by atoms with van der Waals surface area (Å²) >= 11 is 5.92. The lowest BCUT2D eigenvalue weighted by Gasteiger charge is -2.26. The Morgan fingerprint density at radius 3 is 2.52 bits per heavy atom. The van der Waals surface area contributed by atoms with E-state index in [2.05, 4.69) is 10.6 Å². The third-order valence-electron chi connectivity index (χ3n) is 4.87.